The van der Waals surface area contributed by atoms with E-state index in [0.717, 1.165) is 69.2 Å². The first-order valence-electron chi connectivity index (χ1n) is 11.3. The molecule has 2 fully saturated rings. The highest BCUT2D eigenvalue weighted by Crippen LogP contribution is 2.39. The zero-order valence-corrected chi connectivity index (χ0v) is 18.9. The summed E-state index contributed by atoms with van der Waals surface area (Å²) in [7, 11) is 0. The van der Waals surface area contributed by atoms with Gasteiger partial charge >= 0.3 is 0 Å². The molecule has 0 radical (unpaired) electrons. The monoisotopic (exact) mass is 444 g/mol. The maximum Gasteiger partial charge on any atom is 0.264 e. The molecule has 1 aliphatic heterocycles. The van der Waals surface area contributed by atoms with Crippen LogP contribution in [-0.4, -0.2) is 70.5 Å². The number of ether oxygens (including phenoxy) is 1. The molecular formula is C23H32N4O3S. The second-order valence-electron chi connectivity index (χ2n) is 8.59. The van der Waals surface area contributed by atoms with Crippen molar-refractivity contribution in [2.24, 2.45) is 0 Å². The van der Waals surface area contributed by atoms with Crippen LogP contribution in [0.4, 0.5) is 0 Å². The van der Waals surface area contributed by atoms with E-state index in [1.54, 1.807) is 0 Å². The molecule has 4 rings (SSSR count). The van der Waals surface area contributed by atoms with E-state index in [-0.39, 0.29) is 23.5 Å². The number of amides is 1. The second kappa shape index (κ2) is 10.2. The Balaban J connectivity index is 1.53. The molecule has 2 aromatic rings. The largest absolute Gasteiger partial charge is 0.391 e. The second-order valence-corrected chi connectivity index (χ2v) is 9.35. The van der Waals surface area contributed by atoms with E-state index in [0.29, 0.717) is 17.8 Å². The fraction of sp³-hybridized carbons (Fsp3) is 0.609. The van der Waals surface area contributed by atoms with Crippen molar-refractivity contribution in [2.45, 2.75) is 56.6 Å². The van der Waals surface area contributed by atoms with Gasteiger partial charge in [-0.25, -0.2) is 0 Å². The van der Waals surface area contributed by atoms with Crippen LogP contribution in [0, 0.1) is 0 Å². The normalized spacial score (nSPS) is 27.5. The van der Waals surface area contributed by atoms with Gasteiger partial charge in [0.05, 0.1) is 25.0 Å². The first-order valence-corrected chi connectivity index (χ1v) is 12.0. The lowest BCUT2D eigenvalue weighted by molar-refractivity contribution is -0.0236. The zero-order valence-electron chi connectivity index (χ0n) is 18.1. The topological polar surface area (TPSA) is 87.6 Å². The number of rotatable bonds is 6. The van der Waals surface area contributed by atoms with Crippen molar-refractivity contribution in [3.05, 3.63) is 46.5 Å². The van der Waals surface area contributed by atoms with E-state index >= 15 is 0 Å². The molecule has 1 amide bonds. The Morgan fingerprint density at radius 3 is 2.74 bits per heavy atom. The Morgan fingerprint density at radius 1 is 1.26 bits per heavy atom. The van der Waals surface area contributed by atoms with Crippen LogP contribution in [0.15, 0.2) is 30.3 Å². The number of nitrogens with zero attached hydrogens (tertiary/aromatic N) is 3. The number of aliphatic hydroxyl groups excluding tert-OH is 1. The molecule has 1 aromatic heterocycles. The van der Waals surface area contributed by atoms with Crippen LogP contribution >= 0.6 is 11.5 Å². The predicted molar refractivity (Wildman–Crippen MR) is 120 cm³/mol. The number of hydrogen-bond acceptors (Lipinski definition) is 7. The SMILES string of the molecule is CCc1nnsc1C(=O)NC[C@]1(c2ccccc2)CC[C@H](O)[C@@H](N2CCOCC2)CC1. The van der Waals surface area contributed by atoms with E-state index in [9.17, 15) is 9.90 Å². The molecule has 1 aliphatic carbocycles. The van der Waals surface area contributed by atoms with E-state index < -0.39 is 0 Å². The summed E-state index contributed by atoms with van der Waals surface area (Å²) >= 11 is 1.16. The van der Waals surface area contributed by atoms with Gasteiger partial charge in [-0.2, -0.15) is 0 Å². The van der Waals surface area contributed by atoms with Crippen LogP contribution in [0.5, 0.6) is 0 Å². The minimum Gasteiger partial charge on any atom is -0.391 e. The summed E-state index contributed by atoms with van der Waals surface area (Å²) < 4.78 is 9.46. The van der Waals surface area contributed by atoms with Crippen molar-refractivity contribution in [2.75, 3.05) is 32.8 Å². The van der Waals surface area contributed by atoms with Gasteiger partial charge in [-0.15, -0.1) is 5.10 Å². The molecule has 1 saturated carbocycles. The van der Waals surface area contributed by atoms with Gasteiger partial charge < -0.3 is 15.2 Å². The average molecular weight is 445 g/mol. The van der Waals surface area contributed by atoms with Crippen LogP contribution in [0.1, 0.15) is 53.5 Å². The molecule has 7 nitrogen and oxygen atoms in total. The van der Waals surface area contributed by atoms with Gasteiger partial charge in [0.2, 0.25) is 0 Å². The van der Waals surface area contributed by atoms with Crippen molar-refractivity contribution in [1.29, 1.82) is 0 Å². The number of aliphatic hydroxyl groups is 1. The van der Waals surface area contributed by atoms with Gasteiger partial charge in [-0.1, -0.05) is 41.7 Å². The van der Waals surface area contributed by atoms with Crippen molar-refractivity contribution in [1.82, 2.24) is 19.8 Å². The first kappa shape index (κ1) is 22.3. The van der Waals surface area contributed by atoms with Gasteiger partial charge in [0.1, 0.15) is 4.88 Å². The summed E-state index contributed by atoms with van der Waals surface area (Å²) in [6.45, 7) is 5.72. The maximum absolute atomic E-state index is 12.9. The smallest absolute Gasteiger partial charge is 0.264 e. The Hall–Kier alpha value is -1.87. The molecule has 168 valence electrons. The highest BCUT2D eigenvalue weighted by atomic mass is 32.1. The lowest BCUT2D eigenvalue weighted by Crippen LogP contribution is -2.48. The summed E-state index contributed by atoms with van der Waals surface area (Å²) in [6.07, 6.45) is 3.69. The Bertz CT molecular complexity index is 856. The Morgan fingerprint density at radius 2 is 2.00 bits per heavy atom. The molecule has 0 spiro atoms. The van der Waals surface area contributed by atoms with Crippen molar-refractivity contribution < 1.29 is 14.6 Å². The molecule has 2 heterocycles. The molecule has 31 heavy (non-hydrogen) atoms. The van der Waals surface area contributed by atoms with E-state index in [2.05, 4.69) is 44.1 Å². The number of morpholine rings is 1. The number of aromatic nitrogens is 2. The number of benzene rings is 1. The summed E-state index contributed by atoms with van der Waals surface area (Å²) in [6, 6.07) is 10.6. The number of carbonyl (C=O) groups excluding carboxylic acids is 1. The van der Waals surface area contributed by atoms with Crippen LogP contribution in [-0.2, 0) is 16.6 Å². The average Bonchev–Trinajstić information content (AvgIpc) is 3.24. The minimum absolute atomic E-state index is 0.100. The fourth-order valence-electron chi connectivity index (χ4n) is 4.99. The molecule has 2 N–H and O–H groups in total. The highest BCUT2D eigenvalue weighted by molar-refractivity contribution is 7.08. The van der Waals surface area contributed by atoms with E-state index in [1.807, 2.05) is 13.0 Å². The van der Waals surface area contributed by atoms with Gasteiger partial charge in [0, 0.05) is 31.1 Å². The molecular weight excluding hydrogens is 412 g/mol. The van der Waals surface area contributed by atoms with Crippen LogP contribution < -0.4 is 5.32 Å². The summed E-state index contributed by atoms with van der Waals surface area (Å²) in [4.78, 5) is 15.9. The van der Waals surface area contributed by atoms with Crippen molar-refractivity contribution in [3.8, 4) is 0 Å². The summed E-state index contributed by atoms with van der Waals surface area (Å²) in [5.74, 6) is -0.100. The number of hydrogen-bond donors (Lipinski definition) is 2. The Labute approximate surface area is 188 Å². The standard InChI is InChI=1S/C23H32N4O3S/c1-2-18-21(31-26-25-18)22(29)24-16-23(17-6-4-3-5-7-17)10-8-19(20(28)9-11-23)27-12-14-30-15-13-27/h3-7,19-20,28H,2,8-16H2,1H3,(H,24,29)/t19-,20-,23+/m0/s1. The van der Waals surface area contributed by atoms with Crippen molar-refractivity contribution >= 4 is 17.4 Å². The van der Waals surface area contributed by atoms with Crippen LogP contribution in [0.3, 0.4) is 0 Å². The highest BCUT2D eigenvalue weighted by Gasteiger charge is 2.40. The molecule has 3 atom stereocenters. The first-order chi connectivity index (χ1) is 15.1. The fourth-order valence-corrected chi connectivity index (χ4v) is 5.66. The van der Waals surface area contributed by atoms with Crippen LogP contribution in [0.25, 0.3) is 0 Å². The van der Waals surface area contributed by atoms with Crippen LogP contribution in [0.2, 0.25) is 0 Å². The van der Waals surface area contributed by atoms with Gasteiger partial charge in [0.15, 0.2) is 0 Å². The quantitative estimate of drug-likeness (QED) is 0.666. The number of carbonyl (C=O) groups is 1. The minimum atomic E-state index is -0.364. The number of aryl methyl sites for hydroxylation is 1. The molecule has 0 bridgehead atoms. The lowest BCUT2D eigenvalue weighted by atomic mass is 9.74. The zero-order chi connectivity index (χ0) is 21.7. The Kier molecular flexibility index (Phi) is 7.32. The van der Waals surface area contributed by atoms with Gasteiger partial charge in [-0.3, -0.25) is 9.69 Å². The van der Waals surface area contributed by atoms with E-state index in [4.69, 9.17) is 4.74 Å². The number of nitrogens with one attached hydrogen (secondary N) is 1. The van der Waals surface area contributed by atoms with Gasteiger partial charge in [0.25, 0.3) is 5.91 Å². The maximum atomic E-state index is 12.9. The van der Waals surface area contributed by atoms with E-state index in [1.165, 1.54) is 5.56 Å². The summed E-state index contributed by atoms with van der Waals surface area (Å²) in [5.41, 5.74) is 1.77. The molecule has 2 aliphatic rings. The third-order valence-electron chi connectivity index (χ3n) is 6.87. The van der Waals surface area contributed by atoms with Crippen molar-refractivity contribution in [3.63, 3.8) is 0 Å². The molecule has 8 heteroatoms. The molecule has 1 saturated heterocycles. The molecule has 0 unspecified atom stereocenters. The lowest BCUT2D eigenvalue weighted by Gasteiger charge is -2.37. The predicted octanol–water partition coefficient (Wildman–Crippen LogP) is 2.40. The molecule has 1 aromatic carbocycles. The van der Waals surface area contributed by atoms with Gasteiger partial charge in [-0.05, 0) is 49.2 Å². The third kappa shape index (κ3) is 4.98. The third-order valence-corrected chi connectivity index (χ3v) is 7.63. The summed E-state index contributed by atoms with van der Waals surface area (Å²) in [5, 5.41) is 18.2.